The SMILES string of the molecule is C=C[C@]1(C)CC(=O)[C@@]2(O)[C@]3(C)[C@H](O)CCC(C)(C)[C@H]3[C@@H](O)[C@@H](OC(=O)CCC(=O)O)[C@]2(C)O1. The van der Waals surface area contributed by atoms with E-state index >= 15 is 0 Å². The van der Waals surface area contributed by atoms with Crippen LogP contribution >= 0.6 is 0 Å². The quantitative estimate of drug-likeness (QED) is 0.346. The van der Waals surface area contributed by atoms with Crippen LogP contribution in [0.5, 0.6) is 0 Å². The third-order valence-electron chi connectivity index (χ3n) is 8.53. The molecule has 1 heterocycles. The number of carboxylic acids is 1. The first kappa shape index (κ1) is 25.8. The summed E-state index contributed by atoms with van der Waals surface area (Å²) in [4.78, 5) is 37.2. The lowest BCUT2D eigenvalue weighted by atomic mass is 9.40. The Balaban J connectivity index is 2.21. The van der Waals surface area contributed by atoms with Crippen LogP contribution in [0.3, 0.4) is 0 Å². The van der Waals surface area contributed by atoms with E-state index in [9.17, 15) is 29.7 Å². The third-order valence-corrected chi connectivity index (χ3v) is 8.53. The van der Waals surface area contributed by atoms with Gasteiger partial charge >= 0.3 is 11.9 Å². The molecule has 0 aromatic carbocycles. The van der Waals surface area contributed by atoms with E-state index in [2.05, 4.69) is 6.58 Å². The van der Waals surface area contributed by atoms with Gasteiger partial charge in [0, 0.05) is 17.8 Å². The van der Waals surface area contributed by atoms with E-state index in [4.69, 9.17) is 14.6 Å². The molecule has 0 bridgehead atoms. The number of aliphatic hydroxyl groups is 3. The van der Waals surface area contributed by atoms with E-state index in [1.165, 1.54) is 13.0 Å². The van der Waals surface area contributed by atoms with E-state index in [0.29, 0.717) is 12.8 Å². The van der Waals surface area contributed by atoms with Crippen molar-refractivity contribution in [2.75, 3.05) is 0 Å². The number of aliphatic hydroxyl groups excluding tert-OH is 2. The predicted molar refractivity (Wildman–Crippen MR) is 116 cm³/mol. The fourth-order valence-corrected chi connectivity index (χ4v) is 6.89. The number of ketones is 1. The van der Waals surface area contributed by atoms with E-state index in [1.54, 1.807) is 13.8 Å². The van der Waals surface area contributed by atoms with Crippen molar-refractivity contribution in [3.05, 3.63) is 12.7 Å². The molecule has 1 saturated heterocycles. The third kappa shape index (κ3) is 3.47. The van der Waals surface area contributed by atoms with Crippen molar-refractivity contribution < 1.29 is 44.3 Å². The largest absolute Gasteiger partial charge is 0.481 e. The Morgan fingerprint density at radius 3 is 2.33 bits per heavy atom. The molecule has 0 amide bonds. The zero-order valence-electron chi connectivity index (χ0n) is 20.0. The molecule has 0 unspecified atom stereocenters. The minimum atomic E-state index is -2.30. The van der Waals surface area contributed by atoms with Crippen LogP contribution in [0.2, 0.25) is 0 Å². The van der Waals surface area contributed by atoms with Gasteiger partial charge in [0.15, 0.2) is 17.5 Å². The molecule has 3 rings (SSSR count). The Morgan fingerprint density at radius 2 is 1.79 bits per heavy atom. The van der Waals surface area contributed by atoms with Gasteiger partial charge in [0.25, 0.3) is 0 Å². The maximum Gasteiger partial charge on any atom is 0.306 e. The van der Waals surface area contributed by atoms with E-state index in [1.807, 2.05) is 13.8 Å². The molecule has 33 heavy (non-hydrogen) atoms. The number of esters is 1. The van der Waals surface area contributed by atoms with E-state index < -0.39 is 82.4 Å². The minimum absolute atomic E-state index is 0.214. The molecule has 0 aromatic rings. The number of carbonyl (C=O) groups excluding carboxylic acids is 2. The van der Waals surface area contributed by atoms with Crippen LogP contribution in [0.25, 0.3) is 0 Å². The minimum Gasteiger partial charge on any atom is -0.481 e. The van der Waals surface area contributed by atoms with E-state index in [-0.39, 0.29) is 6.42 Å². The lowest BCUT2D eigenvalue weighted by Gasteiger charge is -2.71. The number of ether oxygens (including phenoxy) is 2. The number of hydrogen-bond acceptors (Lipinski definition) is 8. The number of fused-ring (bicyclic) bond motifs is 3. The Hall–Kier alpha value is -1.81. The summed E-state index contributed by atoms with van der Waals surface area (Å²) in [6.45, 7) is 12.1. The molecule has 3 aliphatic rings. The van der Waals surface area contributed by atoms with Crippen LogP contribution in [0.15, 0.2) is 12.7 Å². The summed E-state index contributed by atoms with van der Waals surface area (Å²) in [7, 11) is 0. The average molecular weight is 469 g/mol. The van der Waals surface area contributed by atoms with Crippen LogP contribution in [0, 0.1) is 16.7 Å². The summed E-state index contributed by atoms with van der Waals surface area (Å²) in [5, 5.41) is 44.0. The molecule has 0 radical (unpaired) electrons. The fraction of sp³-hybridized carbons (Fsp3) is 0.792. The zero-order chi connectivity index (χ0) is 25.2. The fourth-order valence-electron chi connectivity index (χ4n) is 6.89. The first-order valence-electron chi connectivity index (χ1n) is 11.4. The molecular formula is C24H36O9. The van der Waals surface area contributed by atoms with Gasteiger partial charge in [-0.3, -0.25) is 14.4 Å². The number of hydrogen-bond donors (Lipinski definition) is 4. The van der Waals surface area contributed by atoms with Gasteiger partial charge in [-0.05, 0) is 32.1 Å². The predicted octanol–water partition coefficient (Wildman–Crippen LogP) is 1.36. The maximum absolute atomic E-state index is 13.7. The summed E-state index contributed by atoms with van der Waals surface area (Å²) in [6, 6.07) is 0. The van der Waals surface area contributed by atoms with Crippen LogP contribution < -0.4 is 0 Å². The Bertz CT molecular complexity index is 868. The first-order chi connectivity index (χ1) is 15.0. The summed E-state index contributed by atoms with van der Waals surface area (Å²) in [6.07, 6.45) is -2.93. The first-order valence-corrected chi connectivity index (χ1v) is 11.4. The molecule has 9 nitrogen and oxygen atoms in total. The second-order valence-electron chi connectivity index (χ2n) is 11.1. The van der Waals surface area contributed by atoms with Crippen molar-refractivity contribution in [3.8, 4) is 0 Å². The highest BCUT2D eigenvalue weighted by atomic mass is 16.6. The highest BCUT2D eigenvalue weighted by molar-refractivity contribution is 5.92. The monoisotopic (exact) mass is 468 g/mol. The van der Waals surface area contributed by atoms with Crippen LogP contribution in [0.4, 0.5) is 0 Å². The van der Waals surface area contributed by atoms with Crippen molar-refractivity contribution in [2.24, 2.45) is 16.7 Å². The summed E-state index contributed by atoms with van der Waals surface area (Å²) >= 11 is 0. The van der Waals surface area contributed by atoms with Crippen molar-refractivity contribution >= 4 is 17.7 Å². The van der Waals surface area contributed by atoms with Gasteiger partial charge in [-0.2, -0.15) is 0 Å². The molecule has 0 aromatic heterocycles. The van der Waals surface area contributed by atoms with Crippen LogP contribution in [-0.2, 0) is 23.9 Å². The van der Waals surface area contributed by atoms with Gasteiger partial charge in [0.1, 0.15) is 5.60 Å². The standard InChI is InChI=1S/C24H36O9/c1-7-21(4)12-14(26)24(31)22(5)13(25)10-11-20(2,3)18(22)17(30)19(23(24,6)33-21)32-16(29)9-8-15(27)28/h7,13,17-19,25,30-31H,1,8-12H2,2-6H3,(H,27,28)/t13-,17-,18-,19-,21-,22-,23+,24-/m1/s1. The molecule has 9 heteroatoms. The van der Waals surface area contributed by atoms with Crippen LogP contribution in [0.1, 0.15) is 66.7 Å². The van der Waals surface area contributed by atoms with Gasteiger partial charge in [-0.1, -0.05) is 26.8 Å². The van der Waals surface area contributed by atoms with Crippen molar-refractivity contribution in [1.82, 2.24) is 0 Å². The summed E-state index contributed by atoms with van der Waals surface area (Å²) < 4.78 is 11.9. The molecule has 186 valence electrons. The highest BCUT2D eigenvalue weighted by Crippen LogP contribution is 2.67. The number of aliphatic carboxylic acids is 1. The summed E-state index contributed by atoms with van der Waals surface area (Å²) in [5.74, 6) is -3.51. The van der Waals surface area contributed by atoms with Gasteiger partial charge in [0.2, 0.25) is 0 Å². The normalized spacial score (nSPS) is 46.6. The molecular weight excluding hydrogens is 432 g/mol. The molecule has 0 spiro atoms. The molecule has 3 fully saturated rings. The Morgan fingerprint density at radius 1 is 1.18 bits per heavy atom. The lowest BCUT2D eigenvalue weighted by molar-refractivity contribution is -0.370. The number of rotatable bonds is 5. The lowest BCUT2D eigenvalue weighted by Crippen LogP contribution is -2.86. The van der Waals surface area contributed by atoms with Crippen molar-refractivity contribution in [2.45, 2.75) is 102 Å². The van der Waals surface area contributed by atoms with Crippen molar-refractivity contribution in [3.63, 3.8) is 0 Å². The second kappa shape index (κ2) is 7.86. The molecule has 4 N–H and O–H groups in total. The molecule has 2 saturated carbocycles. The second-order valence-corrected chi connectivity index (χ2v) is 11.1. The van der Waals surface area contributed by atoms with Gasteiger partial charge in [-0.25, -0.2) is 0 Å². The van der Waals surface area contributed by atoms with Crippen molar-refractivity contribution in [1.29, 1.82) is 0 Å². The summed E-state index contributed by atoms with van der Waals surface area (Å²) in [5.41, 5.74) is -7.60. The van der Waals surface area contributed by atoms with Gasteiger partial charge < -0.3 is 29.9 Å². The van der Waals surface area contributed by atoms with E-state index in [0.717, 1.165) is 0 Å². The molecule has 1 aliphatic heterocycles. The van der Waals surface area contributed by atoms with Crippen LogP contribution in [-0.4, -0.2) is 73.3 Å². The molecule has 2 aliphatic carbocycles. The zero-order valence-corrected chi connectivity index (χ0v) is 20.0. The Labute approximate surface area is 193 Å². The Kier molecular flexibility index (Phi) is 6.15. The van der Waals surface area contributed by atoms with Gasteiger partial charge in [0.05, 0.1) is 30.7 Å². The topological polar surface area (TPSA) is 151 Å². The number of Topliss-reactive ketones (excluding diaryl/α,β-unsaturated/α-hetero) is 1. The molecule has 8 atom stereocenters. The maximum atomic E-state index is 13.7. The number of carbonyl (C=O) groups is 3. The average Bonchev–Trinajstić information content (AvgIpc) is 2.70. The smallest absolute Gasteiger partial charge is 0.306 e. The van der Waals surface area contributed by atoms with Gasteiger partial charge in [-0.15, -0.1) is 6.58 Å². The highest BCUT2D eigenvalue weighted by Gasteiger charge is 2.81. The number of carboxylic acid groups (broad SMARTS) is 1.